The Morgan fingerprint density at radius 1 is 1.04 bits per heavy atom. The van der Waals surface area contributed by atoms with Crippen molar-refractivity contribution in [2.24, 2.45) is 0 Å². The molecular formula is C18H15F2N3O2. The van der Waals surface area contributed by atoms with Gasteiger partial charge in [-0.15, -0.1) is 0 Å². The molecule has 1 amide bonds. The van der Waals surface area contributed by atoms with Crippen LogP contribution in [0, 0.1) is 11.6 Å². The van der Waals surface area contributed by atoms with Crippen molar-refractivity contribution in [1.82, 2.24) is 15.3 Å². The van der Waals surface area contributed by atoms with Crippen LogP contribution >= 0.6 is 0 Å². The van der Waals surface area contributed by atoms with Crippen molar-refractivity contribution in [3.05, 3.63) is 66.1 Å². The van der Waals surface area contributed by atoms with Crippen LogP contribution in [0.5, 0.6) is 0 Å². The van der Waals surface area contributed by atoms with Crippen LogP contribution in [0.25, 0.3) is 22.4 Å². The zero-order chi connectivity index (χ0) is 17.8. The van der Waals surface area contributed by atoms with Gasteiger partial charge in [0.05, 0.1) is 11.9 Å². The van der Waals surface area contributed by atoms with E-state index in [9.17, 15) is 13.6 Å². The topological polar surface area (TPSA) is 78.0 Å². The number of hydrogen-bond acceptors (Lipinski definition) is 2. The zero-order valence-electron chi connectivity index (χ0n) is 13.1. The lowest BCUT2D eigenvalue weighted by molar-refractivity contribution is 0.194. The second-order valence-electron chi connectivity index (χ2n) is 5.46. The molecule has 3 aromatic rings. The maximum absolute atomic E-state index is 13.3. The Bertz CT molecular complexity index is 871. The van der Waals surface area contributed by atoms with Crippen LogP contribution in [0.3, 0.4) is 0 Å². The van der Waals surface area contributed by atoms with Gasteiger partial charge in [-0.1, -0.05) is 24.3 Å². The Morgan fingerprint density at radius 2 is 1.68 bits per heavy atom. The monoisotopic (exact) mass is 343 g/mol. The van der Waals surface area contributed by atoms with Crippen molar-refractivity contribution < 1.29 is 18.7 Å². The van der Waals surface area contributed by atoms with E-state index in [1.165, 1.54) is 12.1 Å². The number of imidazole rings is 1. The molecule has 0 radical (unpaired) electrons. The number of H-pyrrole nitrogens is 1. The van der Waals surface area contributed by atoms with Gasteiger partial charge in [0.1, 0.15) is 17.5 Å². The second kappa shape index (κ2) is 7.12. The molecule has 1 aromatic heterocycles. The summed E-state index contributed by atoms with van der Waals surface area (Å²) < 4.78 is 26.6. The number of benzene rings is 2. The molecule has 0 saturated heterocycles. The first-order valence-electron chi connectivity index (χ1n) is 7.59. The molecule has 7 heteroatoms. The highest BCUT2D eigenvalue weighted by atomic mass is 19.1. The first-order chi connectivity index (χ1) is 12.0. The molecule has 0 aliphatic carbocycles. The van der Waals surface area contributed by atoms with Gasteiger partial charge in [0, 0.05) is 19.0 Å². The fourth-order valence-electron chi connectivity index (χ4n) is 2.49. The first-order valence-corrected chi connectivity index (χ1v) is 7.59. The molecule has 0 bridgehead atoms. The Balaban J connectivity index is 1.74. The van der Waals surface area contributed by atoms with Crippen LogP contribution < -0.4 is 5.32 Å². The van der Waals surface area contributed by atoms with Gasteiger partial charge in [0.2, 0.25) is 0 Å². The maximum Gasteiger partial charge on any atom is 0.404 e. The Labute approximate surface area is 142 Å². The first kappa shape index (κ1) is 16.6. The maximum atomic E-state index is 13.3. The lowest BCUT2D eigenvalue weighted by Crippen LogP contribution is -2.23. The molecule has 0 aliphatic rings. The van der Waals surface area contributed by atoms with Crippen molar-refractivity contribution in [1.29, 1.82) is 0 Å². The van der Waals surface area contributed by atoms with E-state index in [0.717, 1.165) is 17.3 Å². The molecule has 5 nitrogen and oxygen atoms in total. The molecule has 25 heavy (non-hydrogen) atoms. The normalized spacial score (nSPS) is 10.6. The van der Waals surface area contributed by atoms with Crippen LogP contribution in [0.15, 0.2) is 48.7 Å². The van der Waals surface area contributed by atoms with E-state index in [1.54, 1.807) is 18.3 Å². The number of nitrogens with zero attached hydrogens (tertiary/aromatic N) is 1. The van der Waals surface area contributed by atoms with Crippen molar-refractivity contribution in [3.63, 3.8) is 0 Å². The van der Waals surface area contributed by atoms with Crippen LogP contribution in [0.4, 0.5) is 13.6 Å². The number of amides is 1. The van der Waals surface area contributed by atoms with Gasteiger partial charge in [-0.2, -0.15) is 0 Å². The quantitative estimate of drug-likeness (QED) is 0.659. The summed E-state index contributed by atoms with van der Waals surface area (Å²) in [5.74, 6) is -0.570. The van der Waals surface area contributed by atoms with E-state index in [2.05, 4.69) is 15.3 Å². The minimum atomic E-state index is -1.07. The molecule has 0 unspecified atom stereocenters. The second-order valence-corrected chi connectivity index (χ2v) is 5.46. The molecule has 0 fully saturated rings. The Hall–Kier alpha value is -3.22. The van der Waals surface area contributed by atoms with E-state index < -0.39 is 17.7 Å². The predicted molar refractivity (Wildman–Crippen MR) is 89.1 cm³/mol. The predicted octanol–water partition coefficient (Wildman–Crippen LogP) is 3.83. The lowest BCUT2D eigenvalue weighted by atomic mass is 10.0. The minimum absolute atomic E-state index is 0.270. The number of carbonyl (C=O) groups is 1. The molecular weight excluding hydrogens is 328 g/mol. The summed E-state index contributed by atoms with van der Waals surface area (Å²) in [4.78, 5) is 17.7. The summed E-state index contributed by atoms with van der Waals surface area (Å²) in [5.41, 5.74) is 2.81. The highest BCUT2D eigenvalue weighted by Gasteiger charge is 2.06. The third-order valence-corrected chi connectivity index (χ3v) is 3.66. The Morgan fingerprint density at radius 3 is 2.32 bits per heavy atom. The lowest BCUT2D eigenvalue weighted by Gasteiger charge is -2.04. The summed E-state index contributed by atoms with van der Waals surface area (Å²) in [6, 6.07) is 10.6. The van der Waals surface area contributed by atoms with Crippen LogP contribution in [0.2, 0.25) is 0 Å². The van der Waals surface area contributed by atoms with Crippen molar-refractivity contribution >= 4 is 6.09 Å². The summed E-state index contributed by atoms with van der Waals surface area (Å²) in [6.07, 6.45) is 1.04. The van der Waals surface area contributed by atoms with Crippen molar-refractivity contribution in [2.45, 2.75) is 6.42 Å². The number of carboxylic acid groups (broad SMARTS) is 1. The number of hydrogen-bond donors (Lipinski definition) is 3. The molecule has 0 atom stereocenters. The number of rotatable bonds is 5. The fourth-order valence-corrected chi connectivity index (χ4v) is 2.49. The summed E-state index contributed by atoms with van der Waals surface area (Å²) >= 11 is 0. The average molecular weight is 343 g/mol. The van der Waals surface area contributed by atoms with Gasteiger partial charge in [0.25, 0.3) is 0 Å². The largest absolute Gasteiger partial charge is 0.465 e. The number of aromatic amines is 1. The van der Waals surface area contributed by atoms with E-state index >= 15 is 0 Å². The fraction of sp³-hybridized carbons (Fsp3) is 0.111. The standard InChI is InChI=1S/C18H15F2N3O2/c19-14-7-13(8-15(20)9-14)11-1-3-12(4-2-11)16-10-22-17(23-16)5-6-21-18(24)25/h1-4,7-10,21H,5-6H2,(H,22,23)(H,24,25). The molecule has 1 heterocycles. The SMILES string of the molecule is O=C(O)NCCc1ncc(-c2ccc(-c3cc(F)cc(F)c3)cc2)[nH]1. The van der Waals surface area contributed by atoms with Crippen molar-refractivity contribution in [2.75, 3.05) is 6.54 Å². The third-order valence-electron chi connectivity index (χ3n) is 3.66. The van der Waals surface area contributed by atoms with Gasteiger partial charge in [0.15, 0.2) is 0 Å². The zero-order valence-corrected chi connectivity index (χ0v) is 13.1. The number of aromatic nitrogens is 2. The molecule has 0 spiro atoms. The minimum Gasteiger partial charge on any atom is -0.465 e. The summed E-state index contributed by atoms with van der Waals surface area (Å²) in [5, 5.41) is 10.8. The van der Waals surface area contributed by atoms with Gasteiger partial charge >= 0.3 is 6.09 Å². The smallest absolute Gasteiger partial charge is 0.404 e. The van der Waals surface area contributed by atoms with Gasteiger partial charge in [-0.05, 0) is 28.8 Å². The number of halogens is 2. The van der Waals surface area contributed by atoms with E-state index in [1.807, 2.05) is 12.1 Å². The van der Waals surface area contributed by atoms with Gasteiger partial charge < -0.3 is 15.4 Å². The molecule has 3 N–H and O–H groups in total. The van der Waals surface area contributed by atoms with E-state index in [-0.39, 0.29) is 6.54 Å². The third kappa shape index (κ3) is 4.20. The van der Waals surface area contributed by atoms with Gasteiger partial charge in [-0.3, -0.25) is 0 Å². The molecule has 0 saturated carbocycles. The van der Waals surface area contributed by atoms with E-state index in [0.29, 0.717) is 23.4 Å². The van der Waals surface area contributed by atoms with Crippen molar-refractivity contribution in [3.8, 4) is 22.4 Å². The average Bonchev–Trinajstić information content (AvgIpc) is 3.03. The highest BCUT2D eigenvalue weighted by molar-refractivity contribution is 5.68. The van der Waals surface area contributed by atoms with Crippen LogP contribution in [-0.4, -0.2) is 27.7 Å². The summed E-state index contributed by atoms with van der Waals surface area (Å²) in [6.45, 7) is 0.270. The van der Waals surface area contributed by atoms with Crippen LogP contribution in [0.1, 0.15) is 5.82 Å². The molecule has 0 aliphatic heterocycles. The van der Waals surface area contributed by atoms with Crippen LogP contribution in [-0.2, 0) is 6.42 Å². The Kier molecular flexibility index (Phi) is 4.74. The van der Waals surface area contributed by atoms with Gasteiger partial charge in [-0.25, -0.2) is 18.6 Å². The number of nitrogens with one attached hydrogen (secondary N) is 2. The molecule has 2 aromatic carbocycles. The molecule has 128 valence electrons. The van der Waals surface area contributed by atoms with E-state index in [4.69, 9.17) is 5.11 Å². The summed E-state index contributed by atoms with van der Waals surface area (Å²) in [7, 11) is 0. The molecule has 3 rings (SSSR count). The highest BCUT2D eigenvalue weighted by Crippen LogP contribution is 2.25.